The third-order valence-electron chi connectivity index (χ3n) is 2.73. The van der Waals surface area contributed by atoms with Crippen molar-refractivity contribution in [1.29, 1.82) is 0 Å². The van der Waals surface area contributed by atoms with Crippen molar-refractivity contribution in [2.75, 3.05) is 0 Å². The summed E-state index contributed by atoms with van der Waals surface area (Å²) in [5.41, 5.74) is 0. The largest absolute Gasteiger partial charge is 0.481 e. The molecule has 0 radical (unpaired) electrons. The molecule has 88 valence electrons. The fourth-order valence-electron chi connectivity index (χ4n) is 2.02. The molecule has 0 aromatic heterocycles. The van der Waals surface area contributed by atoms with E-state index in [1.807, 2.05) is 0 Å². The Labute approximate surface area is 104 Å². The Balaban J connectivity index is -0.000000480. The van der Waals surface area contributed by atoms with Crippen molar-refractivity contribution in [2.45, 2.75) is 51.4 Å². The topological polar surface area (TPSA) is 100 Å². The minimum Gasteiger partial charge on any atom is -0.481 e. The molecule has 0 atom stereocenters. The smallest absolute Gasteiger partial charge is 0.303 e. The van der Waals surface area contributed by atoms with Gasteiger partial charge in [0.05, 0.1) is 0 Å². The van der Waals surface area contributed by atoms with Crippen molar-refractivity contribution < 1.29 is 40.3 Å². The van der Waals surface area contributed by atoms with Gasteiger partial charge in [0.25, 0.3) is 0 Å². The van der Waals surface area contributed by atoms with Crippen molar-refractivity contribution >= 4 is 5.97 Å². The van der Waals surface area contributed by atoms with Gasteiger partial charge in [-0.25, -0.2) is 0 Å². The molecule has 0 heterocycles. The number of carbonyl (C=O) groups is 1. The number of hydrogen-bond acceptors (Lipinski definition) is 1. The van der Waals surface area contributed by atoms with E-state index in [0.29, 0.717) is 6.42 Å². The third kappa shape index (κ3) is 10.3. The minimum absolute atomic E-state index is 0. The Hall–Kier alpha value is 0.0134. The predicted molar refractivity (Wildman–Crippen MR) is 55.3 cm³/mol. The third-order valence-corrected chi connectivity index (χ3v) is 2.73. The van der Waals surface area contributed by atoms with Crippen LogP contribution < -0.4 is 0 Å². The van der Waals surface area contributed by atoms with E-state index in [2.05, 4.69) is 0 Å². The van der Waals surface area contributed by atoms with Gasteiger partial charge in [0, 0.05) is 25.9 Å². The quantitative estimate of drug-likeness (QED) is 0.776. The molecule has 1 rings (SSSR count). The summed E-state index contributed by atoms with van der Waals surface area (Å²) in [5.74, 6) is 0.184. The average molecular weight is 272 g/mol. The van der Waals surface area contributed by atoms with Gasteiger partial charge < -0.3 is 16.1 Å². The molecule has 4 nitrogen and oxygen atoms in total. The Bertz CT molecular complexity index is 146. The van der Waals surface area contributed by atoms with Crippen LogP contribution in [-0.4, -0.2) is 22.0 Å². The fourth-order valence-corrected chi connectivity index (χ4v) is 2.02. The van der Waals surface area contributed by atoms with Gasteiger partial charge in [-0.2, -0.15) is 0 Å². The minimum atomic E-state index is -0.647. The van der Waals surface area contributed by atoms with E-state index in [-0.39, 0.29) is 30.4 Å². The molecule has 0 aromatic carbocycles. The Morgan fingerprint density at radius 3 is 2.13 bits per heavy atom. The van der Waals surface area contributed by atoms with Crippen molar-refractivity contribution in [3.8, 4) is 0 Å². The number of carboxylic acids is 1. The van der Waals surface area contributed by atoms with E-state index >= 15 is 0 Å². The van der Waals surface area contributed by atoms with Crippen LogP contribution in [0.4, 0.5) is 0 Å². The van der Waals surface area contributed by atoms with E-state index in [1.165, 1.54) is 32.1 Å². The van der Waals surface area contributed by atoms with E-state index in [9.17, 15) is 4.79 Å². The summed E-state index contributed by atoms with van der Waals surface area (Å²) in [5, 5.41) is 8.44. The van der Waals surface area contributed by atoms with Gasteiger partial charge in [0.15, 0.2) is 0 Å². The molecular weight excluding hydrogens is 249 g/mol. The van der Waals surface area contributed by atoms with Crippen molar-refractivity contribution in [1.82, 2.24) is 0 Å². The number of rotatable bonds is 4. The second-order valence-corrected chi connectivity index (χ2v) is 3.79. The summed E-state index contributed by atoms with van der Waals surface area (Å²) in [6.07, 6.45) is 9.13. The zero-order chi connectivity index (χ0) is 8.81. The monoisotopic (exact) mass is 270 g/mol. The fraction of sp³-hybridized carbons (Fsp3) is 0.900. The summed E-state index contributed by atoms with van der Waals surface area (Å²) in [6.45, 7) is 0. The van der Waals surface area contributed by atoms with Gasteiger partial charge in [-0.1, -0.05) is 32.1 Å². The van der Waals surface area contributed by atoms with Crippen LogP contribution in [-0.2, 0) is 24.3 Å². The normalized spacial score (nSPS) is 15.5. The van der Waals surface area contributed by atoms with Crippen LogP contribution in [0.15, 0.2) is 0 Å². The van der Waals surface area contributed by atoms with E-state index < -0.39 is 5.97 Å². The van der Waals surface area contributed by atoms with Crippen molar-refractivity contribution in [2.24, 2.45) is 5.92 Å². The first kappa shape index (κ1) is 20.4. The molecule has 15 heavy (non-hydrogen) atoms. The van der Waals surface area contributed by atoms with Crippen LogP contribution in [0.5, 0.6) is 0 Å². The number of aliphatic carboxylic acids is 1. The maximum atomic E-state index is 10.2. The van der Waals surface area contributed by atoms with Crippen LogP contribution in [0.25, 0.3) is 0 Å². The molecular formula is C10H22O4Zn. The zero-order valence-electron chi connectivity index (χ0n) is 9.30. The molecule has 0 spiro atoms. The van der Waals surface area contributed by atoms with Gasteiger partial charge in [0.2, 0.25) is 0 Å². The first-order valence-corrected chi connectivity index (χ1v) is 5.01. The molecule has 0 saturated heterocycles. The summed E-state index contributed by atoms with van der Waals surface area (Å²) in [4.78, 5) is 10.2. The van der Waals surface area contributed by atoms with Crippen molar-refractivity contribution in [3.05, 3.63) is 0 Å². The molecule has 5 heteroatoms. The van der Waals surface area contributed by atoms with Crippen LogP contribution in [0, 0.1) is 5.92 Å². The van der Waals surface area contributed by atoms with Gasteiger partial charge in [0.1, 0.15) is 0 Å². The molecule has 1 saturated carbocycles. The van der Waals surface area contributed by atoms with Gasteiger partial charge in [-0.3, -0.25) is 4.79 Å². The molecule has 1 aliphatic rings. The molecule has 0 aliphatic heterocycles. The Morgan fingerprint density at radius 2 is 1.67 bits per heavy atom. The molecule has 1 fully saturated rings. The van der Waals surface area contributed by atoms with Crippen LogP contribution in [0.2, 0.25) is 0 Å². The van der Waals surface area contributed by atoms with E-state index in [0.717, 1.165) is 18.8 Å². The summed E-state index contributed by atoms with van der Waals surface area (Å²) in [6, 6.07) is 0. The molecule has 5 N–H and O–H groups in total. The molecule has 0 unspecified atom stereocenters. The second kappa shape index (κ2) is 12.1. The Morgan fingerprint density at radius 1 is 1.13 bits per heavy atom. The average Bonchev–Trinajstić information content (AvgIpc) is 2.05. The van der Waals surface area contributed by atoms with Crippen molar-refractivity contribution in [3.63, 3.8) is 0 Å². The molecule has 1 aliphatic carbocycles. The summed E-state index contributed by atoms with van der Waals surface area (Å²) in [7, 11) is 0. The second-order valence-electron chi connectivity index (χ2n) is 3.79. The maximum absolute atomic E-state index is 10.2. The predicted octanol–water partition coefficient (Wildman–Crippen LogP) is 1.17. The number of carboxylic acid groups (broad SMARTS) is 1. The van der Waals surface area contributed by atoms with E-state index in [1.54, 1.807) is 0 Å². The first-order chi connectivity index (χ1) is 5.79. The van der Waals surface area contributed by atoms with Crippen LogP contribution >= 0.6 is 0 Å². The zero-order valence-corrected chi connectivity index (χ0v) is 12.3. The van der Waals surface area contributed by atoms with Gasteiger partial charge in [-0.05, 0) is 18.8 Å². The molecule has 0 amide bonds. The molecule has 0 bridgehead atoms. The maximum Gasteiger partial charge on any atom is 0.303 e. The van der Waals surface area contributed by atoms with E-state index in [4.69, 9.17) is 5.11 Å². The van der Waals surface area contributed by atoms with Crippen LogP contribution in [0.3, 0.4) is 0 Å². The molecule has 0 aromatic rings. The SMILES string of the molecule is O.O.O=C(O)CCCC1CCCCC1.[Zn]. The number of hydrogen-bond donors (Lipinski definition) is 1. The van der Waals surface area contributed by atoms with Crippen LogP contribution in [0.1, 0.15) is 51.4 Å². The summed E-state index contributed by atoms with van der Waals surface area (Å²) < 4.78 is 0. The standard InChI is InChI=1S/C10H18O2.2H2O.Zn/c11-10(12)8-4-7-9-5-2-1-3-6-9;;;/h9H,1-8H2,(H,11,12);2*1H2;. The Kier molecular flexibility index (Phi) is 16.5. The first-order valence-electron chi connectivity index (χ1n) is 5.01. The van der Waals surface area contributed by atoms with Gasteiger partial charge in [-0.15, -0.1) is 0 Å². The van der Waals surface area contributed by atoms with Gasteiger partial charge >= 0.3 is 5.97 Å². The summed E-state index contributed by atoms with van der Waals surface area (Å²) >= 11 is 0.